The van der Waals surface area contributed by atoms with E-state index in [1.54, 1.807) is 12.1 Å². The predicted molar refractivity (Wildman–Crippen MR) is 75.5 cm³/mol. The van der Waals surface area contributed by atoms with Gasteiger partial charge in [0.05, 0.1) is 17.0 Å². The number of carboxylic acids is 1. The van der Waals surface area contributed by atoms with Crippen LogP contribution in [0, 0.1) is 10.1 Å². The van der Waals surface area contributed by atoms with Gasteiger partial charge in [-0.1, -0.05) is 13.0 Å². The van der Waals surface area contributed by atoms with Gasteiger partial charge in [0.25, 0.3) is 5.69 Å². The number of furan rings is 1. The van der Waals surface area contributed by atoms with E-state index in [1.807, 2.05) is 6.92 Å². The van der Waals surface area contributed by atoms with Gasteiger partial charge < -0.3 is 14.8 Å². The van der Waals surface area contributed by atoms with Crippen LogP contribution in [0.5, 0.6) is 0 Å². The Morgan fingerprint density at radius 2 is 2.19 bits per heavy atom. The molecule has 110 valence electrons. The first-order valence-electron chi connectivity index (χ1n) is 6.33. The molecule has 0 saturated carbocycles. The van der Waals surface area contributed by atoms with Crippen LogP contribution < -0.4 is 5.32 Å². The number of aromatic carboxylic acids is 1. The fourth-order valence-electron chi connectivity index (χ4n) is 1.92. The molecular formula is C14H14N2O5. The Bertz CT molecular complexity index is 678. The van der Waals surface area contributed by atoms with E-state index in [2.05, 4.69) is 5.32 Å². The number of hydrogen-bond donors (Lipinski definition) is 2. The molecule has 0 aliphatic heterocycles. The second-order valence-corrected chi connectivity index (χ2v) is 4.41. The largest absolute Gasteiger partial charge is 0.478 e. The number of anilines is 1. The standard InChI is InChI=1S/C14H14N2O5/c1-2-9-3-4-11(6-13(9)16(19)20)15-7-12-5-10(8-21-12)14(17)18/h3-6,8,15H,2,7H2,1H3,(H,17,18). The zero-order valence-corrected chi connectivity index (χ0v) is 11.3. The van der Waals surface area contributed by atoms with Crippen LogP contribution in [0.25, 0.3) is 0 Å². The Morgan fingerprint density at radius 3 is 2.76 bits per heavy atom. The molecule has 0 saturated heterocycles. The highest BCUT2D eigenvalue weighted by Gasteiger charge is 2.13. The van der Waals surface area contributed by atoms with Crippen molar-refractivity contribution in [1.82, 2.24) is 0 Å². The van der Waals surface area contributed by atoms with Crippen LogP contribution in [0.4, 0.5) is 11.4 Å². The molecule has 7 nitrogen and oxygen atoms in total. The molecule has 0 fully saturated rings. The molecule has 0 unspecified atom stereocenters. The zero-order chi connectivity index (χ0) is 15.4. The number of nitrogens with one attached hydrogen (secondary N) is 1. The van der Waals surface area contributed by atoms with Crippen LogP contribution in [0.1, 0.15) is 28.6 Å². The summed E-state index contributed by atoms with van der Waals surface area (Å²) in [6.07, 6.45) is 1.73. The van der Waals surface area contributed by atoms with Crippen molar-refractivity contribution in [2.24, 2.45) is 0 Å². The summed E-state index contributed by atoms with van der Waals surface area (Å²) < 4.78 is 5.09. The number of benzene rings is 1. The van der Waals surface area contributed by atoms with Gasteiger partial charge in [0.1, 0.15) is 12.0 Å². The molecule has 21 heavy (non-hydrogen) atoms. The van der Waals surface area contributed by atoms with Gasteiger partial charge in [-0.2, -0.15) is 0 Å². The van der Waals surface area contributed by atoms with Crippen molar-refractivity contribution in [3.63, 3.8) is 0 Å². The third-order valence-electron chi connectivity index (χ3n) is 3.03. The molecule has 0 radical (unpaired) electrons. The summed E-state index contributed by atoms with van der Waals surface area (Å²) >= 11 is 0. The van der Waals surface area contributed by atoms with Crippen molar-refractivity contribution >= 4 is 17.3 Å². The first-order valence-corrected chi connectivity index (χ1v) is 6.33. The highest BCUT2D eigenvalue weighted by Crippen LogP contribution is 2.24. The van der Waals surface area contributed by atoms with Crippen molar-refractivity contribution in [3.8, 4) is 0 Å². The lowest BCUT2D eigenvalue weighted by Gasteiger charge is -2.06. The number of nitrogens with zero attached hydrogens (tertiary/aromatic N) is 1. The topological polar surface area (TPSA) is 106 Å². The Labute approximate surface area is 120 Å². The van der Waals surface area contributed by atoms with Crippen LogP contribution in [0.3, 0.4) is 0 Å². The number of carbonyl (C=O) groups is 1. The monoisotopic (exact) mass is 290 g/mol. The van der Waals surface area contributed by atoms with E-state index < -0.39 is 10.9 Å². The van der Waals surface area contributed by atoms with Crippen molar-refractivity contribution < 1.29 is 19.2 Å². The maximum atomic E-state index is 11.0. The Morgan fingerprint density at radius 1 is 1.43 bits per heavy atom. The Hall–Kier alpha value is -2.83. The third-order valence-corrected chi connectivity index (χ3v) is 3.03. The molecule has 0 aliphatic carbocycles. The van der Waals surface area contributed by atoms with E-state index in [9.17, 15) is 14.9 Å². The number of hydrogen-bond acceptors (Lipinski definition) is 5. The molecule has 1 aromatic carbocycles. The quantitative estimate of drug-likeness (QED) is 0.625. The summed E-state index contributed by atoms with van der Waals surface area (Å²) in [5.41, 5.74) is 1.37. The first-order chi connectivity index (χ1) is 10.0. The predicted octanol–water partition coefficient (Wildman–Crippen LogP) is 3.06. The molecule has 1 heterocycles. The molecule has 0 amide bonds. The molecule has 0 bridgehead atoms. The van der Waals surface area contributed by atoms with Crippen LogP contribution in [-0.2, 0) is 13.0 Å². The maximum Gasteiger partial charge on any atom is 0.338 e. The second kappa shape index (κ2) is 6.08. The van der Waals surface area contributed by atoms with E-state index in [4.69, 9.17) is 9.52 Å². The number of nitro groups is 1. The number of rotatable bonds is 6. The van der Waals surface area contributed by atoms with Gasteiger partial charge in [-0.15, -0.1) is 0 Å². The fourth-order valence-corrected chi connectivity index (χ4v) is 1.92. The van der Waals surface area contributed by atoms with Gasteiger partial charge in [-0.3, -0.25) is 10.1 Å². The average Bonchev–Trinajstić information content (AvgIpc) is 2.94. The van der Waals surface area contributed by atoms with E-state index in [1.165, 1.54) is 12.1 Å². The minimum Gasteiger partial charge on any atom is -0.478 e. The maximum absolute atomic E-state index is 11.0. The minimum atomic E-state index is -1.06. The Balaban J connectivity index is 2.10. The fraction of sp³-hybridized carbons (Fsp3) is 0.214. The van der Waals surface area contributed by atoms with E-state index >= 15 is 0 Å². The molecule has 7 heteroatoms. The second-order valence-electron chi connectivity index (χ2n) is 4.41. The lowest BCUT2D eigenvalue weighted by Crippen LogP contribution is -2.01. The van der Waals surface area contributed by atoms with Crippen LogP contribution >= 0.6 is 0 Å². The number of nitro benzene ring substituents is 1. The first kappa shape index (κ1) is 14.6. The summed E-state index contributed by atoms with van der Waals surface area (Å²) in [5.74, 6) is -0.623. The normalized spacial score (nSPS) is 10.3. The van der Waals surface area contributed by atoms with Gasteiger partial charge >= 0.3 is 5.97 Å². The molecule has 2 rings (SSSR count). The number of carboxylic acid groups (broad SMARTS) is 1. The van der Waals surface area contributed by atoms with Gasteiger partial charge in [0.15, 0.2) is 0 Å². The lowest BCUT2D eigenvalue weighted by atomic mass is 10.1. The summed E-state index contributed by atoms with van der Waals surface area (Å²) in [6.45, 7) is 2.10. The zero-order valence-electron chi connectivity index (χ0n) is 11.3. The van der Waals surface area contributed by atoms with Crippen LogP contribution in [0.2, 0.25) is 0 Å². The highest BCUT2D eigenvalue weighted by molar-refractivity contribution is 5.87. The molecule has 0 atom stereocenters. The van der Waals surface area contributed by atoms with Crippen molar-refractivity contribution in [3.05, 3.63) is 57.5 Å². The summed E-state index contributed by atoms with van der Waals surface area (Å²) in [4.78, 5) is 21.3. The minimum absolute atomic E-state index is 0.0631. The summed E-state index contributed by atoms with van der Waals surface area (Å²) in [5, 5.41) is 22.7. The molecule has 0 aliphatic rings. The third kappa shape index (κ3) is 3.38. The summed E-state index contributed by atoms with van der Waals surface area (Å²) in [6, 6.07) is 6.31. The molecule has 1 aromatic heterocycles. The van der Waals surface area contributed by atoms with Crippen molar-refractivity contribution in [1.29, 1.82) is 0 Å². The molecule has 2 N–H and O–H groups in total. The van der Waals surface area contributed by atoms with E-state index in [-0.39, 0.29) is 17.8 Å². The molecule has 0 spiro atoms. The number of aryl methyl sites for hydroxylation is 1. The smallest absolute Gasteiger partial charge is 0.338 e. The molecule has 2 aromatic rings. The van der Waals surface area contributed by atoms with Crippen molar-refractivity contribution in [2.75, 3.05) is 5.32 Å². The molecular weight excluding hydrogens is 276 g/mol. The van der Waals surface area contributed by atoms with Crippen LogP contribution in [0.15, 0.2) is 34.9 Å². The van der Waals surface area contributed by atoms with Crippen LogP contribution in [-0.4, -0.2) is 16.0 Å². The van der Waals surface area contributed by atoms with Gasteiger partial charge in [-0.05, 0) is 18.6 Å². The van der Waals surface area contributed by atoms with E-state index in [0.717, 1.165) is 6.26 Å². The lowest BCUT2D eigenvalue weighted by molar-refractivity contribution is -0.385. The SMILES string of the molecule is CCc1ccc(NCc2cc(C(=O)O)co2)cc1[N+](=O)[O-]. The highest BCUT2D eigenvalue weighted by atomic mass is 16.6. The van der Waals surface area contributed by atoms with Crippen molar-refractivity contribution in [2.45, 2.75) is 19.9 Å². The van der Waals surface area contributed by atoms with Gasteiger partial charge in [0, 0.05) is 17.3 Å². The Kier molecular flexibility index (Phi) is 4.22. The van der Waals surface area contributed by atoms with Gasteiger partial charge in [0.2, 0.25) is 0 Å². The van der Waals surface area contributed by atoms with Gasteiger partial charge in [-0.25, -0.2) is 4.79 Å². The average molecular weight is 290 g/mol. The van der Waals surface area contributed by atoms with E-state index in [0.29, 0.717) is 23.4 Å². The summed E-state index contributed by atoms with van der Waals surface area (Å²) in [7, 11) is 0.